The second kappa shape index (κ2) is 10.00. The fraction of sp³-hybridized carbons (Fsp3) is 0.469. The third-order valence-corrected chi connectivity index (χ3v) is 11.7. The van der Waals surface area contributed by atoms with Crippen LogP contribution in [0.5, 0.6) is 0 Å². The number of halogens is 2. The van der Waals surface area contributed by atoms with Gasteiger partial charge < -0.3 is 23.4 Å². The number of fused-ring (bicyclic) bond motifs is 5. The standard InChI is InChI=1S/C32H32Cl2O8/c1-18-14-22-21-9-8-19-15-20(35)10-11-29(19,2)31(21,34)25(36)16-30(22,3)32(18,42-28(38)24-7-5-13-40-24)26(17-33)41-27(37)23-6-4-12-39-23/h4-7,10-13,15,17-18,21-22,25,36H,8-9,14,16H2,1-3H3/b26-17+/t18-,21+,22+,25+,29+,30+,31+,32+/m1/s1. The van der Waals surface area contributed by atoms with Crippen molar-refractivity contribution in [1.82, 2.24) is 0 Å². The van der Waals surface area contributed by atoms with E-state index in [0.29, 0.717) is 19.3 Å². The Morgan fingerprint density at radius 1 is 1.10 bits per heavy atom. The number of carbonyl (C=O) groups excluding carboxylic acids is 3. The summed E-state index contributed by atoms with van der Waals surface area (Å²) in [5, 5.41) is 12.1. The van der Waals surface area contributed by atoms with E-state index in [9.17, 15) is 19.5 Å². The van der Waals surface area contributed by atoms with Crippen molar-refractivity contribution in [3.63, 3.8) is 0 Å². The Balaban J connectivity index is 1.47. The van der Waals surface area contributed by atoms with E-state index < -0.39 is 45.3 Å². The summed E-state index contributed by atoms with van der Waals surface area (Å²) < 4.78 is 22.8. The zero-order valence-corrected chi connectivity index (χ0v) is 25.0. The molecule has 1 N–H and O–H groups in total. The lowest BCUT2D eigenvalue weighted by atomic mass is 9.45. The molecule has 222 valence electrons. The summed E-state index contributed by atoms with van der Waals surface area (Å²) in [4.78, 5) is 37.8. The van der Waals surface area contributed by atoms with Crippen molar-refractivity contribution in [1.29, 1.82) is 0 Å². The quantitative estimate of drug-likeness (QED) is 0.228. The molecular formula is C32H32Cl2O8. The molecule has 0 aliphatic heterocycles. The van der Waals surface area contributed by atoms with Gasteiger partial charge in [-0.2, -0.15) is 0 Å². The van der Waals surface area contributed by atoms with Crippen LogP contribution >= 0.6 is 23.2 Å². The second-order valence-electron chi connectivity index (χ2n) is 12.3. The van der Waals surface area contributed by atoms with E-state index in [1.807, 2.05) is 26.8 Å². The highest BCUT2D eigenvalue weighted by Crippen LogP contribution is 2.73. The lowest BCUT2D eigenvalue weighted by Gasteiger charge is -2.64. The zero-order valence-electron chi connectivity index (χ0n) is 23.5. The van der Waals surface area contributed by atoms with Crippen LogP contribution in [0, 0.1) is 28.6 Å². The lowest BCUT2D eigenvalue weighted by Crippen LogP contribution is -2.68. The van der Waals surface area contributed by atoms with Gasteiger partial charge in [-0.05, 0) is 73.9 Å². The van der Waals surface area contributed by atoms with E-state index in [1.54, 1.807) is 18.2 Å². The highest BCUT2D eigenvalue weighted by Gasteiger charge is 2.76. The smallest absolute Gasteiger partial charge is 0.379 e. The number of ether oxygens (including phenoxy) is 2. The summed E-state index contributed by atoms with van der Waals surface area (Å²) in [6.07, 6.45) is 8.50. The van der Waals surface area contributed by atoms with Gasteiger partial charge in [0.1, 0.15) is 0 Å². The molecule has 6 rings (SSSR count). The maximum Gasteiger partial charge on any atom is 0.379 e. The topological polar surface area (TPSA) is 116 Å². The van der Waals surface area contributed by atoms with Crippen molar-refractivity contribution in [2.24, 2.45) is 28.6 Å². The Morgan fingerprint density at radius 3 is 2.38 bits per heavy atom. The number of aliphatic hydroxyl groups is 1. The van der Waals surface area contributed by atoms with Crippen LogP contribution in [-0.4, -0.2) is 39.4 Å². The SMILES string of the molecule is C[C@@H]1C[C@H]2[C@@H]3CCC4=CC(=O)C=C[C@]4(C)[C@@]3(Cl)[C@@H](O)C[C@]2(C)[C@@]1(OC(=O)c1ccco1)/C(=C\Cl)OC(=O)c1ccco1. The van der Waals surface area contributed by atoms with E-state index in [1.165, 1.54) is 30.7 Å². The fourth-order valence-corrected chi connectivity index (χ4v) is 9.37. The molecule has 10 heteroatoms. The molecule has 3 saturated carbocycles. The molecule has 0 bridgehead atoms. The third-order valence-electron chi connectivity index (χ3n) is 10.5. The van der Waals surface area contributed by atoms with Crippen LogP contribution in [-0.2, 0) is 14.3 Å². The average molecular weight is 616 g/mol. The molecule has 2 aromatic heterocycles. The van der Waals surface area contributed by atoms with E-state index >= 15 is 0 Å². The van der Waals surface area contributed by atoms with Crippen molar-refractivity contribution >= 4 is 40.9 Å². The molecule has 42 heavy (non-hydrogen) atoms. The number of esters is 2. The minimum atomic E-state index is -1.58. The van der Waals surface area contributed by atoms with Crippen LogP contribution in [0.15, 0.2) is 80.7 Å². The lowest BCUT2D eigenvalue weighted by molar-refractivity contribution is -0.161. The molecule has 0 spiro atoms. The predicted molar refractivity (Wildman–Crippen MR) is 153 cm³/mol. The molecule has 3 fully saturated rings. The Kier molecular flexibility index (Phi) is 6.91. The number of hydrogen-bond acceptors (Lipinski definition) is 8. The van der Waals surface area contributed by atoms with Gasteiger partial charge in [0.25, 0.3) is 0 Å². The maximum absolute atomic E-state index is 13.6. The minimum absolute atomic E-state index is 0.0278. The van der Waals surface area contributed by atoms with Crippen molar-refractivity contribution < 1.29 is 37.8 Å². The van der Waals surface area contributed by atoms with Gasteiger partial charge in [-0.1, -0.05) is 44.0 Å². The van der Waals surface area contributed by atoms with E-state index in [2.05, 4.69) is 0 Å². The minimum Gasteiger partial charge on any atom is -0.457 e. The van der Waals surface area contributed by atoms with Crippen LogP contribution in [0.3, 0.4) is 0 Å². The molecule has 8 nitrogen and oxygen atoms in total. The van der Waals surface area contributed by atoms with Crippen LogP contribution < -0.4 is 0 Å². The zero-order chi connectivity index (χ0) is 30.1. The molecule has 4 aliphatic carbocycles. The highest BCUT2D eigenvalue weighted by atomic mass is 35.5. The van der Waals surface area contributed by atoms with Gasteiger partial charge in [0.05, 0.1) is 23.5 Å². The number of allylic oxidation sites excluding steroid dienone is 4. The largest absolute Gasteiger partial charge is 0.457 e. The highest BCUT2D eigenvalue weighted by molar-refractivity contribution is 6.26. The molecule has 8 atom stereocenters. The number of ketones is 1. The first kappa shape index (κ1) is 29.0. The molecule has 2 heterocycles. The number of carbonyl (C=O) groups is 3. The number of alkyl halides is 1. The summed E-state index contributed by atoms with van der Waals surface area (Å²) >= 11 is 14.0. The number of aliphatic hydroxyl groups excluding tert-OH is 1. The number of rotatable bonds is 5. The monoisotopic (exact) mass is 614 g/mol. The summed E-state index contributed by atoms with van der Waals surface area (Å²) in [7, 11) is 0. The molecule has 0 saturated heterocycles. The van der Waals surface area contributed by atoms with Crippen LogP contribution in [0.2, 0.25) is 0 Å². The first-order valence-corrected chi connectivity index (χ1v) is 14.9. The summed E-state index contributed by atoms with van der Waals surface area (Å²) in [5.41, 5.74) is -1.30. The van der Waals surface area contributed by atoms with Crippen molar-refractivity contribution in [3.8, 4) is 0 Å². The van der Waals surface area contributed by atoms with Crippen molar-refractivity contribution in [2.75, 3.05) is 0 Å². The Morgan fingerprint density at radius 2 is 1.76 bits per heavy atom. The summed E-state index contributed by atoms with van der Waals surface area (Å²) in [6.45, 7) is 5.83. The second-order valence-corrected chi connectivity index (χ2v) is 13.2. The predicted octanol–water partition coefficient (Wildman–Crippen LogP) is 6.59. The van der Waals surface area contributed by atoms with Gasteiger partial charge >= 0.3 is 11.9 Å². The fourth-order valence-electron chi connectivity index (χ4n) is 8.64. The van der Waals surface area contributed by atoms with Crippen molar-refractivity contribution in [3.05, 3.63) is 83.4 Å². The van der Waals surface area contributed by atoms with Crippen LogP contribution in [0.1, 0.15) is 67.6 Å². The normalized spacial score (nSPS) is 39.1. The molecule has 2 aromatic rings. The Hall–Kier alpha value is -3.07. The molecule has 4 aliphatic rings. The number of furan rings is 2. The van der Waals surface area contributed by atoms with Gasteiger partial charge in [-0.15, -0.1) is 11.6 Å². The van der Waals surface area contributed by atoms with Gasteiger partial charge in [0, 0.05) is 22.3 Å². The molecule has 0 unspecified atom stereocenters. The van der Waals surface area contributed by atoms with Crippen LogP contribution in [0.25, 0.3) is 0 Å². The van der Waals surface area contributed by atoms with E-state index in [-0.39, 0.29) is 41.3 Å². The van der Waals surface area contributed by atoms with Gasteiger partial charge in [-0.3, -0.25) is 4.79 Å². The van der Waals surface area contributed by atoms with Gasteiger partial charge in [-0.25, -0.2) is 9.59 Å². The van der Waals surface area contributed by atoms with Gasteiger partial charge in [0.15, 0.2) is 17.1 Å². The molecule has 0 radical (unpaired) electrons. The van der Waals surface area contributed by atoms with E-state index in [4.69, 9.17) is 41.5 Å². The summed E-state index contributed by atoms with van der Waals surface area (Å²) in [6, 6.07) is 6.07. The summed E-state index contributed by atoms with van der Waals surface area (Å²) in [5.74, 6) is -2.64. The first-order valence-electron chi connectivity index (χ1n) is 14.1. The molecule has 0 amide bonds. The number of hydrogen-bond donors (Lipinski definition) is 1. The molecular weight excluding hydrogens is 583 g/mol. The van der Waals surface area contributed by atoms with Crippen molar-refractivity contribution in [2.45, 2.75) is 63.0 Å². The van der Waals surface area contributed by atoms with Crippen LogP contribution in [0.4, 0.5) is 0 Å². The maximum atomic E-state index is 13.6. The third kappa shape index (κ3) is 3.81. The Bertz CT molecular complexity index is 1510. The average Bonchev–Trinajstić information content (AvgIpc) is 3.72. The van der Waals surface area contributed by atoms with Gasteiger partial charge in [0.2, 0.25) is 11.5 Å². The van der Waals surface area contributed by atoms with E-state index in [0.717, 1.165) is 11.1 Å². The molecule has 0 aromatic carbocycles. The Labute approximate surface area is 253 Å². The first-order chi connectivity index (χ1) is 19.9.